The van der Waals surface area contributed by atoms with Crippen LogP contribution < -0.4 is 9.80 Å². The standard InChI is InChI=1S/C26H30N4O2/c1-28-12-14-29(15-13-28)25-7-3-2-6-20(25)16-21-17-22(30-11-5-4-8-26(30)31)9-10-23(21)24-18-32-19-27-24/h2-3,6-7,9-10,17-19H,4-5,8,11-16H2,1H3. The number of hydrogen-bond acceptors (Lipinski definition) is 5. The number of oxazole rings is 1. The highest BCUT2D eigenvalue weighted by Gasteiger charge is 2.22. The summed E-state index contributed by atoms with van der Waals surface area (Å²) in [6.45, 7) is 5.01. The van der Waals surface area contributed by atoms with Crippen molar-refractivity contribution >= 4 is 17.3 Å². The summed E-state index contributed by atoms with van der Waals surface area (Å²) in [6.07, 6.45) is 6.61. The van der Waals surface area contributed by atoms with Crippen LogP contribution in [0, 0.1) is 0 Å². The molecule has 1 aromatic heterocycles. The second-order valence-corrected chi connectivity index (χ2v) is 8.81. The van der Waals surface area contributed by atoms with Crippen molar-refractivity contribution in [1.82, 2.24) is 9.88 Å². The van der Waals surface area contributed by atoms with Crippen molar-refractivity contribution < 1.29 is 9.21 Å². The number of rotatable bonds is 5. The van der Waals surface area contributed by atoms with Gasteiger partial charge in [-0.2, -0.15) is 0 Å². The third kappa shape index (κ3) is 4.28. The van der Waals surface area contributed by atoms with Crippen LogP contribution in [-0.2, 0) is 11.2 Å². The second-order valence-electron chi connectivity index (χ2n) is 8.81. The Kier molecular flexibility index (Phi) is 5.95. The Balaban J connectivity index is 1.51. The van der Waals surface area contributed by atoms with Crippen molar-refractivity contribution in [3.8, 4) is 11.3 Å². The van der Waals surface area contributed by atoms with Gasteiger partial charge in [0.2, 0.25) is 5.91 Å². The first kappa shape index (κ1) is 20.8. The maximum atomic E-state index is 12.6. The first-order chi connectivity index (χ1) is 15.7. The van der Waals surface area contributed by atoms with E-state index < -0.39 is 0 Å². The highest BCUT2D eigenvalue weighted by atomic mass is 16.3. The summed E-state index contributed by atoms with van der Waals surface area (Å²) in [5, 5.41) is 0. The Labute approximate surface area is 189 Å². The Morgan fingerprint density at radius 1 is 0.969 bits per heavy atom. The van der Waals surface area contributed by atoms with Gasteiger partial charge < -0.3 is 19.1 Å². The third-order valence-electron chi connectivity index (χ3n) is 6.65. The molecule has 6 nitrogen and oxygen atoms in total. The maximum Gasteiger partial charge on any atom is 0.226 e. The minimum absolute atomic E-state index is 0.217. The van der Waals surface area contributed by atoms with Crippen molar-refractivity contribution in [2.75, 3.05) is 49.6 Å². The summed E-state index contributed by atoms with van der Waals surface area (Å²) in [6, 6.07) is 15.0. The predicted molar refractivity (Wildman–Crippen MR) is 127 cm³/mol. The summed E-state index contributed by atoms with van der Waals surface area (Å²) in [5.41, 5.74) is 6.62. The first-order valence-corrected chi connectivity index (χ1v) is 11.5. The number of anilines is 2. The lowest BCUT2D eigenvalue weighted by molar-refractivity contribution is -0.119. The lowest BCUT2D eigenvalue weighted by Gasteiger charge is -2.35. The molecule has 5 rings (SSSR count). The van der Waals surface area contributed by atoms with E-state index in [2.05, 4.69) is 58.2 Å². The number of benzene rings is 2. The summed E-state index contributed by atoms with van der Waals surface area (Å²) >= 11 is 0. The van der Waals surface area contributed by atoms with Crippen molar-refractivity contribution in [1.29, 1.82) is 0 Å². The zero-order valence-corrected chi connectivity index (χ0v) is 18.7. The Morgan fingerprint density at radius 2 is 1.81 bits per heavy atom. The van der Waals surface area contributed by atoms with E-state index in [9.17, 15) is 4.79 Å². The molecule has 3 aromatic rings. The molecule has 0 radical (unpaired) electrons. The van der Waals surface area contributed by atoms with Crippen LogP contribution in [0.1, 0.15) is 30.4 Å². The molecule has 0 atom stereocenters. The second kappa shape index (κ2) is 9.17. The number of piperazine rings is 1. The highest BCUT2D eigenvalue weighted by Crippen LogP contribution is 2.33. The zero-order valence-electron chi connectivity index (χ0n) is 18.7. The Hall–Kier alpha value is -3.12. The summed E-state index contributed by atoms with van der Waals surface area (Å²) < 4.78 is 5.28. The molecule has 32 heavy (non-hydrogen) atoms. The average molecular weight is 431 g/mol. The molecular weight excluding hydrogens is 400 g/mol. The van der Waals surface area contributed by atoms with Gasteiger partial charge in [0.1, 0.15) is 12.0 Å². The van der Waals surface area contributed by atoms with Gasteiger partial charge in [0.15, 0.2) is 6.39 Å². The molecular formula is C26H30N4O2. The van der Waals surface area contributed by atoms with Crippen LogP contribution >= 0.6 is 0 Å². The fraction of sp³-hybridized carbons (Fsp3) is 0.385. The van der Waals surface area contributed by atoms with Gasteiger partial charge in [-0.05, 0) is 49.2 Å². The predicted octanol–water partition coefficient (Wildman–Crippen LogP) is 4.20. The molecule has 0 N–H and O–H groups in total. The molecule has 0 bridgehead atoms. The van der Waals surface area contributed by atoms with Crippen molar-refractivity contribution in [3.63, 3.8) is 0 Å². The molecule has 0 saturated carbocycles. The lowest BCUT2D eigenvalue weighted by atomic mass is 9.95. The van der Waals surface area contributed by atoms with E-state index in [4.69, 9.17) is 4.42 Å². The quantitative estimate of drug-likeness (QED) is 0.607. The lowest BCUT2D eigenvalue weighted by Crippen LogP contribution is -2.44. The molecule has 2 saturated heterocycles. The van der Waals surface area contributed by atoms with Crippen LogP contribution in [0.3, 0.4) is 0 Å². The average Bonchev–Trinajstić information content (AvgIpc) is 3.35. The molecule has 2 aromatic carbocycles. The van der Waals surface area contributed by atoms with Crippen molar-refractivity contribution in [3.05, 3.63) is 66.2 Å². The van der Waals surface area contributed by atoms with Gasteiger partial charge in [-0.15, -0.1) is 0 Å². The van der Waals surface area contributed by atoms with Crippen LogP contribution in [0.2, 0.25) is 0 Å². The van der Waals surface area contributed by atoms with Gasteiger partial charge in [-0.25, -0.2) is 4.98 Å². The normalized spacial score (nSPS) is 17.7. The van der Waals surface area contributed by atoms with Crippen LogP contribution in [0.25, 0.3) is 11.3 Å². The van der Waals surface area contributed by atoms with Crippen LogP contribution in [-0.4, -0.2) is 55.6 Å². The topological polar surface area (TPSA) is 52.8 Å². The largest absolute Gasteiger partial charge is 0.451 e. The first-order valence-electron chi connectivity index (χ1n) is 11.5. The monoisotopic (exact) mass is 430 g/mol. The Morgan fingerprint density at radius 3 is 2.59 bits per heavy atom. The van der Waals surface area contributed by atoms with E-state index in [1.165, 1.54) is 17.6 Å². The Bertz CT molecular complexity index is 1070. The maximum absolute atomic E-state index is 12.6. The van der Waals surface area contributed by atoms with Crippen molar-refractivity contribution in [2.24, 2.45) is 0 Å². The molecule has 2 fully saturated rings. The molecule has 3 heterocycles. The number of piperidine rings is 1. The molecule has 0 unspecified atom stereocenters. The number of nitrogens with zero attached hydrogens (tertiary/aromatic N) is 4. The zero-order chi connectivity index (χ0) is 21.9. The molecule has 0 spiro atoms. The molecule has 2 aliphatic rings. The number of para-hydroxylation sites is 1. The molecule has 0 aliphatic carbocycles. The van der Waals surface area contributed by atoms with E-state index in [0.717, 1.165) is 74.5 Å². The van der Waals surface area contributed by atoms with Crippen LogP contribution in [0.15, 0.2) is 59.5 Å². The number of hydrogen-bond donors (Lipinski definition) is 0. The van der Waals surface area contributed by atoms with E-state index in [0.29, 0.717) is 6.42 Å². The van der Waals surface area contributed by atoms with Crippen LogP contribution in [0.4, 0.5) is 11.4 Å². The van der Waals surface area contributed by atoms with E-state index in [-0.39, 0.29) is 5.91 Å². The number of carbonyl (C=O) groups excluding carboxylic acids is 1. The van der Waals surface area contributed by atoms with Crippen molar-refractivity contribution in [2.45, 2.75) is 25.7 Å². The summed E-state index contributed by atoms with van der Waals surface area (Å²) in [4.78, 5) is 23.8. The minimum atomic E-state index is 0.217. The summed E-state index contributed by atoms with van der Waals surface area (Å²) in [5.74, 6) is 0.217. The molecule has 2 aliphatic heterocycles. The van der Waals surface area contributed by atoms with Gasteiger partial charge in [-0.3, -0.25) is 4.79 Å². The molecule has 166 valence electrons. The number of aromatic nitrogens is 1. The highest BCUT2D eigenvalue weighted by molar-refractivity contribution is 5.94. The SMILES string of the molecule is CN1CCN(c2ccccc2Cc2cc(N3CCCCC3=O)ccc2-c2cocn2)CC1. The van der Waals surface area contributed by atoms with Gasteiger partial charge in [-0.1, -0.05) is 24.3 Å². The van der Waals surface area contributed by atoms with Gasteiger partial charge in [0.25, 0.3) is 0 Å². The smallest absolute Gasteiger partial charge is 0.226 e. The fourth-order valence-corrected chi connectivity index (χ4v) is 4.79. The number of amides is 1. The molecule has 6 heteroatoms. The molecule has 1 amide bonds. The summed E-state index contributed by atoms with van der Waals surface area (Å²) in [7, 11) is 2.18. The number of likely N-dealkylation sites (N-methyl/N-ethyl adjacent to an activating group) is 1. The van der Waals surface area contributed by atoms with E-state index in [1.54, 1.807) is 6.26 Å². The van der Waals surface area contributed by atoms with Gasteiger partial charge >= 0.3 is 0 Å². The third-order valence-corrected chi connectivity index (χ3v) is 6.65. The van der Waals surface area contributed by atoms with Gasteiger partial charge in [0.05, 0.1) is 0 Å². The minimum Gasteiger partial charge on any atom is -0.451 e. The van der Waals surface area contributed by atoms with Crippen LogP contribution in [0.5, 0.6) is 0 Å². The fourth-order valence-electron chi connectivity index (χ4n) is 4.79. The van der Waals surface area contributed by atoms with E-state index in [1.807, 2.05) is 11.0 Å². The number of carbonyl (C=O) groups is 1. The van der Waals surface area contributed by atoms with Gasteiger partial charge in [0, 0.05) is 62.5 Å². The van der Waals surface area contributed by atoms with E-state index >= 15 is 0 Å².